The van der Waals surface area contributed by atoms with Gasteiger partial charge in [-0.1, -0.05) is 25.2 Å². The van der Waals surface area contributed by atoms with Crippen molar-refractivity contribution in [1.82, 2.24) is 9.80 Å². The Morgan fingerprint density at radius 2 is 1.74 bits per heavy atom. The lowest BCUT2D eigenvalue weighted by Gasteiger charge is -2.31. The summed E-state index contributed by atoms with van der Waals surface area (Å²) in [7, 11) is 0. The molecule has 0 aromatic carbocycles. The van der Waals surface area contributed by atoms with E-state index in [2.05, 4.69) is 0 Å². The Kier molecular flexibility index (Phi) is 4.68. The van der Waals surface area contributed by atoms with Crippen LogP contribution in [0.5, 0.6) is 0 Å². The minimum Gasteiger partial charge on any atom is -0.334 e. The maximum Gasteiger partial charge on any atom is 0.251 e. The molecule has 0 radical (unpaired) electrons. The molecule has 2 amide bonds. The summed E-state index contributed by atoms with van der Waals surface area (Å²) in [6, 6.07) is 0. The van der Waals surface area contributed by atoms with Gasteiger partial charge < -0.3 is 9.80 Å². The highest BCUT2D eigenvalue weighted by atomic mass is 19.3. The van der Waals surface area contributed by atoms with E-state index in [-0.39, 0.29) is 30.1 Å². The molecular formula is C21H26F2N2O2. The van der Waals surface area contributed by atoms with E-state index >= 15 is 0 Å². The monoisotopic (exact) mass is 376 g/mol. The molecule has 2 heterocycles. The standard InChI is InChI=1S/C21H26F2N2O2/c1-2-3-4-5-6-19(26)24-10-15-12-25(13-16(15)11-24)20(27)18-8-17-7-14(18)9-21(17,22)23/h3-6,14,17-18H,2,7-13H2,1H3/b4-3+,6-5+/t14-,17-,18-/m1/s1. The molecule has 0 N–H and O–H groups in total. The van der Waals surface area contributed by atoms with E-state index in [4.69, 9.17) is 0 Å². The van der Waals surface area contributed by atoms with E-state index in [1.807, 2.05) is 24.0 Å². The summed E-state index contributed by atoms with van der Waals surface area (Å²) in [6.45, 7) is 4.25. The molecule has 0 aromatic heterocycles. The van der Waals surface area contributed by atoms with E-state index in [9.17, 15) is 18.4 Å². The maximum absolute atomic E-state index is 13.7. The van der Waals surface area contributed by atoms with Crippen LogP contribution in [0.4, 0.5) is 8.78 Å². The SMILES string of the molecule is CC/C=C/C=C/C(=O)N1CC2=C(C1)CN(C(=O)[C@@H]1C[C@H]3C[C@@H]1CC3(F)F)C2. The Bertz CT molecular complexity index is 722. The minimum atomic E-state index is -2.58. The van der Waals surface area contributed by atoms with Crippen molar-refractivity contribution in [3.8, 4) is 0 Å². The molecule has 0 aromatic rings. The van der Waals surface area contributed by atoms with Crippen LogP contribution in [-0.2, 0) is 9.59 Å². The zero-order chi connectivity index (χ0) is 19.2. The molecule has 0 spiro atoms. The molecule has 2 aliphatic heterocycles. The van der Waals surface area contributed by atoms with Crippen molar-refractivity contribution in [2.45, 2.75) is 38.5 Å². The summed E-state index contributed by atoms with van der Waals surface area (Å²) in [5, 5.41) is 0. The molecule has 2 bridgehead atoms. The summed E-state index contributed by atoms with van der Waals surface area (Å²) < 4.78 is 27.4. The Morgan fingerprint density at radius 3 is 2.30 bits per heavy atom. The average Bonchev–Trinajstić information content (AvgIpc) is 3.34. The van der Waals surface area contributed by atoms with Gasteiger partial charge in [-0.2, -0.15) is 0 Å². The number of allylic oxidation sites excluding steroid dienone is 3. The molecule has 0 unspecified atom stereocenters. The van der Waals surface area contributed by atoms with Crippen LogP contribution in [0, 0.1) is 17.8 Å². The molecule has 2 fully saturated rings. The Balaban J connectivity index is 1.29. The molecule has 146 valence electrons. The first-order valence-electron chi connectivity index (χ1n) is 9.87. The summed E-state index contributed by atoms with van der Waals surface area (Å²) in [5.41, 5.74) is 2.28. The van der Waals surface area contributed by atoms with Crippen molar-refractivity contribution in [2.24, 2.45) is 17.8 Å². The maximum atomic E-state index is 13.7. The van der Waals surface area contributed by atoms with Gasteiger partial charge in [0.2, 0.25) is 11.8 Å². The molecule has 4 nitrogen and oxygen atoms in total. The molecule has 2 saturated carbocycles. The highest BCUT2D eigenvalue weighted by Crippen LogP contribution is 2.56. The molecular weight excluding hydrogens is 350 g/mol. The molecule has 0 saturated heterocycles. The number of alkyl halides is 2. The van der Waals surface area contributed by atoms with Crippen LogP contribution >= 0.6 is 0 Å². The van der Waals surface area contributed by atoms with Gasteiger partial charge in [0.1, 0.15) is 0 Å². The van der Waals surface area contributed by atoms with Crippen LogP contribution in [0.25, 0.3) is 0 Å². The molecule has 2 aliphatic carbocycles. The van der Waals surface area contributed by atoms with Crippen molar-refractivity contribution >= 4 is 11.8 Å². The van der Waals surface area contributed by atoms with Crippen LogP contribution in [0.2, 0.25) is 0 Å². The fourth-order valence-electron chi connectivity index (χ4n) is 5.10. The summed E-state index contributed by atoms with van der Waals surface area (Å²) >= 11 is 0. The van der Waals surface area contributed by atoms with Crippen molar-refractivity contribution in [2.75, 3.05) is 26.2 Å². The highest BCUT2D eigenvalue weighted by molar-refractivity contribution is 5.89. The lowest BCUT2D eigenvalue weighted by Crippen LogP contribution is -2.41. The van der Waals surface area contributed by atoms with Gasteiger partial charge in [-0.25, -0.2) is 8.78 Å². The van der Waals surface area contributed by atoms with Crippen molar-refractivity contribution in [3.05, 3.63) is 35.5 Å². The largest absolute Gasteiger partial charge is 0.334 e. The Hall–Kier alpha value is -1.98. The van der Waals surface area contributed by atoms with Gasteiger partial charge in [0.05, 0.1) is 0 Å². The third kappa shape index (κ3) is 3.34. The quantitative estimate of drug-likeness (QED) is 0.430. The van der Waals surface area contributed by atoms with Gasteiger partial charge >= 0.3 is 0 Å². The number of fused-ring (bicyclic) bond motifs is 2. The van der Waals surface area contributed by atoms with Crippen LogP contribution in [0.3, 0.4) is 0 Å². The normalized spacial score (nSPS) is 31.7. The average molecular weight is 376 g/mol. The van der Waals surface area contributed by atoms with Gasteiger partial charge in [0.25, 0.3) is 5.92 Å². The van der Waals surface area contributed by atoms with E-state index in [1.165, 1.54) is 0 Å². The van der Waals surface area contributed by atoms with Crippen LogP contribution in [-0.4, -0.2) is 53.7 Å². The first-order valence-corrected chi connectivity index (χ1v) is 9.87. The zero-order valence-corrected chi connectivity index (χ0v) is 15.7. The topological polar surface area (TPSA) is 40.6 Å². The summed E-state index contributed by atoms with van der Waals surface area (Å²) in [6.07, 6.45) is 8.82. The molecule has 27 heavy (non-hydrogen) atoms. The second kappa shape index (κ2) is 6.88. The third-order valence-electron chi connectivity index (χ3n) is 6.52. The van der Waals surface area contributed by atoms with E-state index in [1.54, 1.807) is 17.1 Å². The lowest BCUT2D eigenvalue weighted by atomic mass is 9.85. The van der Waals surface area contributed by atoms with E-state index < -0.39 is 11.8 Å². The van der Waals surface area contributed by atoms with Gasteiger partial charge in [-0.15, -0.1) is 0 Å². The zero-order valence-electron chi connectivity index (χ0n) is 15.7. The molecule has 6 heteroatoms. The second-order valence-electron chi connectivity index (χ2n) is 8.29. The number of carbonyl (C=O) groups excluding carboxylic acids is 2. The van der Waals surface area contributed by atoms with Gasteiger partial charge in [-0.05, 0) is 36.3 Å². The first kappa shape index (κ1) is 18.4. The second-order valence-corrected chi connectivity index (χ2v) is 8.29. The molecule has 4 rings (SSSR count). The van der Waals surface area contributed by atoms with E-state index in [0.717, 1.165) is 17.6 Å². The lowest BCUT2D eigenvalue weighted by molar-refractivity contribution is -0.139. The van der Waals surface area contributed by atoms with Crippen molar-refractivity contribution in [1.29, 1.82) is 0 Å². The predicted molar refractivity (Wildman–Crippen MR) is 98.0 cm³/mol. The number of carbonyl (C=O) groups is 2. The van der Waals surface area contributed by atoms with Gasteiger partial charge in [0.15, 0.2) is 0 Å². The number of nitrogens with zero attached hydrogens (tertiary/aromatic N) is 2. The van der Waals surface area contributed by atoms with Gasteiger partial charge in [0, 0.05) is 50.5 Å². The Morgan fingerprint density at radius 1 is 1.07 bits per heavy atom. The molecule has 4 aliphatic rings. The Labute approximate surface area is 158 Å². The fourth-order valence-corrected chi connectivity index (χ4v) is 5.10. The predicted octanol–water partition coefficient (Wildman–Crippen LogP) is 3.17. The first-order chi connectivity index (χ1) is 12.9. The molecule has 3 atom stereocenters. The van der Waals surface area contributed by atoms with Crippen LogP contribution < -0.4 is 0 Å². The van der Waals surface area contributed by atoms with E-state index in [0.29, 0.717) is 39.0 Å². The third-order valence-corrected chi connectivity index (χ3v) is 6.52. The number of rotatable bonds is 4. The number of hydrogen-bond acceptors (Lipinski definition) is 2. The highest BCUT2D eigenvalue weighted by Gasteiger charge is 2.58. The van der Waals surface area contributed by atoms with Gasteiger partial charge in [-0.3, -0.25) is 9.59 Å². The number of hydrogen-bond donors (Lipinski definition) is 0. The summed E-state index contributed by atoms with van der Waals surface area (Å²) in [5.74, 6) is -3.56. The van der Waals surface area contributed by atoms with Crippen molar-refractivity contribution < 1.29 is 18.4 Å². The smallest absolute Gasteiger partial charge is 0.251 e. The van der Waals surface area contributed by atoms with Crippen LogP contribution in [0.15, 0.2) is 35.5 Å². The summed E-state index contributed by atoms with van der Waals surface area (Å²) in [4.78, 5) is 28.7. The van der Waals surface area contributed by atoms with Crippen LogP contribution in [0.1, 0.15) is 32.6 Å². The number of halogens is 2. The minimum absolute atomic E-state index is 0.0154. The fraction of sp³-hybridized carbons (Fsp3) is 0.619. The number of amides is 2. The van der Waals surface area contributed by atoms with Crippen molar-refractivity contribution in [3.63, 3.8) is 0 Å².